The van der Waals surface area contributed by atoms with Crippen LogP contribution in [0.1, 0.15) is 39.0 Å². The van der Waals surface area contributed by atoms with Gasteiger partial charge in [-0.25, -0.2) is 4.79 Å². The lowest BCUT2D eigenvalue weighted by molar-refractivity contribution is 0.0980. The molecule has 0 aromatic heterocycles. The first-order chi connectivity index (χ1) is 9.67. The van der Waals surface area contributed by atoms with Gasteiger partial charge in [0.15, 0.2) is 0 Å². The third-order valence-corrected chi connectivity index (χ3v) is 5.14. The molecule has 1 saturated carbocycles. The number of nitrogens with one attached hydrogen (secondary N) is 1. The van der Waals surface area contributed by atoms with Crippen LogP contribution in [0.2, 0.25) is 0 Å². The molecule has 1 aliphatic heterocycles. The molecule has 0 spiro atoms. The summed E-state index contributed by atoms with van der Waals surface area (Å²) >= 11 is 0. The summed E-state index contributed by atoms with van der Waals surface area (Å²) < 4.78 is 4.68. The minimum atomic E-state index is -0.317. The summed E-state index contributed by atoms with van der Waals surface area (Å²) in [6.07, 6.45) is 5.81. The zero-order valence-electron chi connectivity index (χ0n) is 12.8. The van der Waals surface area contributed by atoms with Crippen LogP contribution in [-0.4, -0.2) is 49.8 Å². The van der Waals surface area contributed by atoms with Crippen LogP contribution in [0.4, 0.5) is 4.79 Å². The van der Waals surface area contributed by atoms with Crippen molar-refractivity contribution < 1.29 is 9.53 Å². The van der Waals surface area contributed by atoms with Gasteiger partial charge in [-0.3, -0.25) is 4.90 Å². The molecule has 1 aliphatic carbocycles. The normalized spacial score (nSPS) is 35.0. The fourth-order valence-electron chi connectivity index (χ4n) is 3.82. The maximum atomic E-state index is 11.3. The Morgan fingerprint density at radius 3 is 2.85 bits per heavy atom. The van der Waals surface area contributed by atoms with Gasteiger partial charge in [-0.1, -0.05) is 19.8 Å². The second-order valence-electron chi connectivity index (χ2n) is 6.27. The van der Waals surface area contributed by atoms with Crippen molar-refractivity contribution in [1.82, 2.24) is 10.2 Å². The van der Waals surface area contributed by atoms with E-state index in [-0.39, 0.29) is 12.1 Å². The van der Waals surface area contributed by atoms with Crippen molar-refractivity contribution in [3.05, 3.63) is 0 Å². The van der Waals surface area contributed by atoms with E-state index in [1.165, 1.54) is 32.8 Å². The van der Waals surface area contributed by atoms with E-state index in [0.717, 1.165) is 32.0 Å². The van der Waals surface area contributed by atoms with Crippen molar-refractivity contribution in [3.8, 4) is 0 Å². The van der Waals surface area contributed by atoms with Gasteiger partial charge in [0.05, 0.1) is 7.11 Å². The van der Waals surface area contributed by atoms with Crippen molar-refractivity contribution in [1.29, 1.82) is 0 Å². The molecule has 0 aromatic rings. The lowest BCUT2D eigenvalue weighted by Crippen LogP contribution is -2.47. The van der Waals surface area contributed by atoms with Gasteiger partial charge in [-0.05, 0) is 37.6 Å². The first-order valence-corrected chi connectivity index (χ1v) is 7.96. The summed E-state index contributed by atoms with van der Waals surface area (Å²) in [5.41, 5.74) is 5.97. The second-order valence-corrected chi connectivity index (χ2v) is 6.27. The number of carbonyl (C=O) groups excluding carboxylic acids is 1. The molecule has 116 valence electrons. The largest absolute Gasteiger partial charge is 0.453 e. The zero-order valence-corrected chi connectivity index (χ0v) is 12.8. The average molecular weight is 283 g/mol. The van der Waals surface area contributed by atoms with E-state index >= 15 is 0 Å². The molecule has 20 heavy (non-hydrogen) atoms. The third-order valence-electron chi connectivity index (χ3n) is 5.14. The molecule has 4 unspecified atom stereocenters. The molecule has 2 rings (SSSR count). The molecule has 5 heteroatoms. The number of alkyl carbamates (subject to hydrolysis) is 1. The fraction of sp³-hybridized carbons (Fsp3) is 0.933. The molecule has 0 bridgehead atoms. The number of hydrogen-bond acceptors (Lipinski definition) is 4. The minimum absolute atomic E-state index is 0.225. The average Bonchev–Trinajstić information content (AvgIpc) is 2.94. The summed E-state index contributed by atoms with van der Waals surface area (Å²) in [5, 5.41) is 2.92. The number of nitrogens with two attached hydrogens (primary N) is 1. The van der Waals surface area contributed by atoms with Crippen LogP contribution in [0.5, 0.6) is 0 Å². The number of amides is 1. The lowest BCUT2D eigenvalue weighted by atomic mass is 9.76. The second kappa shape index (κ2) is 7.27. The van der Waals surface area contributed by atoms with E-state index in [9.17, 15) is 4.79 Å². The summed E-state index contributed by atoms with van der Waals surface area (Å²) in [6.45, 7) is 5.07. The molecule has 2 aliphatic rings. The van der Waals surface area contributed by atoms with E-state index < -0.39 is 0 Å². The van der Waals surface area contributed by atoms with Crippen molar-refractivity contribution in [2.24, 2.45) is 17.6 Å². The van der Waals surface area contributed by atoms with Gasteiger partial charge >= 0.3 is 6.09 Å². The first kappa shape index (κ1) is 15.6. The molecule has 1 saturated heterocycles. The predicted octanol–water partition coefficient (Wildman–Crippen LogP) is 1.57. The van der Waals surface area contributed by atoms with Crippen molar-refractivity contribution in [2.45, 2.75) is 51.1 Å². The number of likely N-dealkylation sites (tertiary alicyclic amines) is 1. The van der Waals surface area contributed by atoms with Gasteiger partial charge in [0.2, 0.25) is 0 Å². The van der Waals surface area contributed by atoms with Crippen molar-refractivity contribution in [3.63, 3.8) is 0 Å². The van der Waals surface area contributed by atoms with Gasteiger partial charge in [0.1, 0.15) is 0 Å². The van der Waals surface area contributed by atoms with Gasteiger partial charge in [-0.15, -0.1) is 0 Å². The third kappa shape index (κ3) is 3.64. The summed E-state index contributed by atoms with van der Waals surface area (Å²) in [7, 11) is 1.42. The topological polar surface area (TPSA) is 67.6 Å². The van der Waals surface area contributed by atoms with Gasteiger partial charge in [0.25, 0.3) is 0 Å². The number of carbonyl (C=O) groups is 1. The van der Waals surface area contributed by atoms with E-state index in [1.807, 2.05) is 0 Å². The van der Waals surface area contributed by atoms with Crippen LogP contribution < -0.4 is 11.1 Å². The quantitative estimate of drug-likeness (QED) is 0.822. The molecular formula is C15H29N3O2. The number of rotatable bonds is 4. The smallest absolute Gasteiger partial charge is 0.407 e. The number of nitrogens with zero attached hydrogens (tertiary/aromatic N) is 1. The maximum Gasteiger partial charge on any atom is 0.407 e. The molecular weight excluding hydrogens is 254 g/mol. The number of hydrogen-bond donors (Lipinski definition) is 2. The molecule has 0 aromatic carbocycles. The molecule has 4 atom stereocenters. The number of ether oxygens (including phenoxy) is 1. The van der Waals surface area contributed by atoms with Crippen LogP contribution in [-0.2, 0) is 4.74 Å². The number of methoxy groups -OCH3 is 1. The molecule has 2 fully saturated rings. The Hall–Kier alpha value is -0.810. The lowest BCUT2D eigenvalue weighted by Gasteiger charge is -2.41. The summed E-state index contributed by atoms with van der Waals surface area (Å²) in [5.74, 6) is 1.46. The Morgan fingerprint density at radius 1 is 1.40 bits per heavy atom. The molecule has 1 amide bonds. The summed E-state index contributed by atoms with van der Waals surface area (Å²) in [6, 6.07) is 0.825. The molecule has 0 radical (unpaired) electrons. The van der Waals surface area contributed by atoms with E-state index in [4.69, 9.17) is 5.73 Å². The van der Waals surface area contributed by atoms with Crippen molar-refractivity contribution >= 4 is 6.09 Å². The van der Waals surface area contributed by atoms with Crippen molar-refractivity contribution in [2.75, 3.05) is 26.7 Å². The molecule has 5 nitrogen and oxygen atoms in total. The Kier molecular flexibility index (Phi) is 5.66. The molecule has 1 heterocycles. The Morgan fingerprint density at radius 2 is 2.20 bits per heavy atom. The predicted molar refractivity (Wildman–Crippen MR) is 79.5 cm³/mol. The van der Waals surface area contributed by atoms with E-state index in [2.05, 4.69) is 21.9 Å². The highest BCUT2D eigenvalue weighted by Gasteiger charge is 2.36. The molecule has 3 N–H and O–H groups in total. The zero-order chi connectivity index (χ0) is 14.5. The Bertz CT molecular complexity index is 324. The highest BCUT2D eigenvalue weighted by molar-refractivity contribution is 5.67. The fourth-order valence-corrected chi connectivity index (χ4v) is 3.82. The standard InChI is InChI=1S/C15H29N3O2/c1-3-11-4-5-12(9-16)14(8-11)18-7-6-13(10-18)17-15(19)20-2/h11-14H,3-10,16H2,1-2H3,(H,17,19). The van der Waals surface area contributed by atoms with Crippen LogP contribution in [0.25, 0.3) is 0 Å². The van der Waals surface area contributed by atoms with Crippen LogP contribution in [0.15, 0.2) is 0 Å². The first-order valence-electron chi connectivity index (χ1n) is 7.96. The van der Waals surface area contributed by atoms with Gasteiger partial charge in [0, 0.05) is 25.2 Å². The van der Waals surface area contributed by atoms with Crippen LogP contribution in [0, 0.1) is 11.8 Å². The van der Waals surface area contributed by atoms with Crippen LogP contribution >= 0.6 is 0 Å². The highest BCUT2D eigenvalue weighted by Crippen LogP contribution is 2.35. The highest BCUT2D eigenvalue weighted by atomic mass is 16.5. The minimum Gasteiger partial charge on any atom is -0.453 e. The Labute approximate surface area is 122 Å². The maximum absolute atomic E-state index is 11.3. The SMILES string of the molecule is CCC1CCC(CN)C(N2CCC(NC(=O)OC)C2)C1. The van der Waals surface area contributed by atoms with E-state index in [1.54, 1.807) is 0 Å². The van der Waals surface area contributed by atoms with E-state index in [0.29, 0.717) is 12.0 Å². The Balaban J connectivity index is 1.90. The van der Waals surface area contributed by atoms with Gasteiger partial charge < -0.3 is 15.8 Å². The van der Waals surface area contributed by atoms with Gasteiger partial charge in [-0.2, -0.15) is 0 Å². The van der Waals surface area contributed by atoms with Crippen LogP contribution in [0.3, 0.4) is 0 Å². The summed E-state index contributed by atoms with van der Waals surface area (Å²) in [4.78, 5) is 13.8. The monoisotopic (exact) mass is 283 g/mol.